The lowest BCUT2D eigenvalue weighted by Crippen LogP contribution is -2.23. The lowest BCUT2D eigenvalue weighted by Gasteiger charge is -2.06. The molecule has 6 heteroatoms. The predicted molar refractivity (Wildman–Crippen MR) is 118 cm³/mol. The number of nitrogens with zero attached hydrogens (tertiary/aromatic N) is 1. The van der Waals surface area contributed by atoms with Crippen LogP contribution in [-0.2, 0) is 13.0 Å². The number of amides is 1. The van der Waals surface area contributed by atoms with Crippen molar-refractivity contribution in [1.82, 2.24) is 10.3 Å². The third-order valence-corrected chi connectivity index (χ3v) is 5.09. The largest absolute Gasteiger partial charge is 0.478 e. The van der Waals surface area contributed by atoms with Gasteiger partial charge >= 0.3 is 5.97 Å². The van der Waals surface area contributed by atoms with E-state index in [4.69, 9.17) is 5.11 Å². The maximum Gasteiger partial charge on any atom is 0.335 e. The molecule has 0 bridgehead atoms. The van der Waals surface area contributed by atoms with Gasteiger partial charge in [-0.2, -0.15) is 0 Å². The first-order chi connectivity index (χ1) is 14.5. The van der Waals surface area contributed by atoms with Crippen molar-refractivity contribution in [3.8, 4) is 11.8 Å². The quantitative estimate of drug-likeness (QED) is 0.469. The Bertz CT molecular complexity index is 1100. The molecule has 1 amide bonds. The molecule has 30 heavy (non-hydrogen) atoms. The summed E-state index contributed by atoms with van der Waals surface area (Å²) in [4.78, 5) is 28.7. The second-order valence-electron chi connectivity index (χ2n) is 6.44. The Labute approximate surface area is 179 Å². The number of hydrogen-bond acceptors (Lipinski definition) is 4. The average Bonchev–Trinajstić information content (AvgIpc) is 2.78. The molecule has 150 valence electrons. The molecule has 0 saturated carbocycles. The van der Waals surface area contributed by atoms with Gasteiger partial charge in [0.15, 0.2) is 0 Å². The van der Waals surface area contributed by atoms with Gasteiger partial charge in [-0.15, -0.1) is 11.8 Å². The summed E-state index contributed by atoms with van der Waals surface area (Å²) in [5.74, 6) is 4.88. The van der Waals surface area contributed by atoms with Crippen molar-refractivity contribution >= 4 is 23.6 Å². The van der Waals surface area contributed by atoms with Crippen molar-refractivity contribution in [2.75, 3.05) is 6.26 Å². The van der Waals surface area contributed by atoms with Gasteiger partial charge < -0.3 is 10.4 Å². The summed E-state index contributed by atoms with van der Waals surface area (Å²) in [6.45, 7) is 0.300. The number of carbonyl (C=O) groups is 2. The minimum absolute atomic E-state index is 0.211. The Balaban J connectivity index is 1.58. The van der Waals surface area contributed by atoms with Gasteiger partial charge in [-0.25, -0.2) is 9.78 Å². The van der Waals surface area contributed by atoms with E-state index in [1.54, 1.807) is 42.2 Å². The average molecular weight is 417 g/mol. The van der Waals surface area contributed by atoms with Crippen LogP contribution in [0, 0.1) is 11.8 Å². The number of carbonyl (C=O) groups excluding carboxylic acids is 1. The standard InChI is InChI=1S/C24H20N2O3S/c1-30-22-11-7-17(8-12-22)3-2-4-21-15-20(13-14-25-21)23(27)26-16-18-5-9-19(10-6-18)24(28)29/h5-15H,3,16H2,1H3,(H,26,27)(H,28,29). The molecule has 0 aliphatic rings. The minimum atomic E-state index is -0.979. The Morgan fingerprint density at radius 2 is 1.70 bits per heavy atom. The fourth-order valence-corrected chi connectivity index (χ4v) is 3.08. The Hall–Kier alpha value is -3.56. The highest BCUT2D eigenvalue weighted by molar-refractivity contribution is 7.98. The molecule has 0 radical (unpaired) electrons. The van der Waals surface area contributed by atoms with Gasteiger partial charge in [0.25, 0.3) is 5.91 Å². The number of pyridine rings is 1. The SMILES string of the molecule is CSc1ccc(CC#Cc2cc(C(=O)NCc3ccc(C(=O)O)cc3)ccn2)cc1. The summed E-state index contributed by atoms with van der Waals surface area (Å²) in [5, 5.41) is 11.7. The van der Waals surface area contributed by atoms with Crippen LogP contribution in [0.5, 0.6) is 0 Å². The summed E-state index contributed by atoms with van der Waals surface area (Å²) in [7, 11) is 0. The van der Waals surface area contributed by atoms with E-state index in [0.717, 1.165) is 11.1 Å². The smallest absolute Gasteiger partial charge is 0.335 e. The van der Waals surface area contributed by atoms with Crippen LogP contribution in [0.15, 0.2) is 71.8 Å². The molecule has 2 N–H and O–H groups in total. The maximum absolute atomic E-state index is 12.4. The highest BCUT2D eigenvalue weighted by Gasteiger charge is 2.07. The van der Waals surface area contributed by atoms with Crippen molar-refractivity contribution < 1.29 is 14.7 Å². The fourth-order valence-electron chi connectivity index (χ4n) is 2.67. The lowest BCUT2D eigenvalue weighted by molar-refractivity contribution is 0.0696. The molecule has 0 atom stereocenters. The zero-order valence-corrected chi connectivity index (χ0v) is 17.2. The molecule has 1 heterocycles. The Morgan fingerprint density at radius 3 is 2.37 bits per heavy atom. The zero-order valence-electron chi connectivity index (χ0n) is 16.4. The number of rotatable bonds is 6. The van der Waals surface area contributed by atoms with E-state index in [2.05, 4.69) is 46.4 Å². The van der Waals surface area contributed by atoms with Crippen molar-refractivity contribution in [2.45, 2.75) is 17.9 Å². The second kappa shape index (κ2) is 10.3. The van der Waals surface area contributed by atoms with E-state index in [-0.39, 0.29) is 11.5 Å². The van der Waals surface area contributed by atoms with E-state index < -0.39 is 5.97 Å². The second-order valence-corrected chi connectivity index (χ2v) is 7.32. The molecule has 0 aliphatic carbocycles. The van der Waals surface area contributed by atoms with E-state index >= 15 is 0 Å². The monoisotopic (exact) mass is 416 g/mol. The molecule has 0 saturated heterocycles. The number of aromatic nitrogens is 1. The van der Waals surface area contributed by atoms with E-state index in [1.165, 1.54) is 17.0 Å². The number of nitrogens with one attached hydrogen (secondary N) is 1. The van der Waals surface area contributed by atoms with Gasteiger partial charge in [0.1, 0.15) is 5.69 Å². The first-order valence-corrected chi connectivity index (χ1v) is 10.5. The summed E-state index contributed by atoms with van der Waals surface area (Å²) in [6.07, 6.45) is 4.21. The van der Waals surface area contributed by atoms with Gasteiger partial charge in [-0.3, -0.25) is 4.79 Å². The van der Waals surface area contributed by atoms with Gasteiger partial charge in [-0.05, 0) is 59.7 Å². The van der Waals surface area contributed by atoms with Crippen molar-refractivity contribution in [2.24, 2.45) is 0 Å². The van der Waals surface area contributed by atoms with Crippen LogP contribution in [0.1, 0.15) is 37.5 Å². The third kappa shape index (κ3) is 5.97. The Morgan fingerprint density at radius 1 is 1.00 bits per heavy atom. The molecule has 0 aliphatic heterocycles. The molecule has 1 aromatic heterocycles. The maximum atomic E-state index is 12.4. The lowest BCUT2D eigenvalue weighted by atomic mass is 10.1. The van der Waals surface area contributed by atoms with Crippen LogP contribution in [0.25, 0.3) is 0 Å². The highest BCUT2D eigenvalue weighted by Crippen LogP contribution is 2.15. The van der Waals surface area contributed by atoms with Crippen LogP contribution in [0.2, 0.25) is 0 Å². The predicted octanol–water partition coefficient (Wildman–Crippen LogP) is 4.03. The summed E-state index contributed by atoms with van der Waals surface area (Å²) < 4.78 is 0. The van der Waals surface area contributed by atoms with Crippen LogP contribution >= 0.6 is 11.8 Å². The van der Waals surface area contributed by atoms with Crippen molar-refractivity contribution in [1.29, 1.82) is 0 Å². The van der Waals surface area contributed by atoms with E-state index in [9.17, 15) is 9.59 Å². The van der Waals surface area contributed by atoms with Gasteiger partial charge in [0, 0.05) is 29.6 Å². The third-order valence-electron chi connectivity index (χ3n) is 4.34. The first-order valence-electron chi connectivity index (χ1n) is 9.23. The van der Waals surface area contributed by atoms with Crippen LogP contribution in [0.4, 0.5) is 0 Å². The number of hydrogen-bond donors (Lipinski definition) is 2. The molecule has 0 spiro atoms. The van der Waals surface area contributed by atoms with Gasteiger partial charge in [0.05, 0.1) is 5.56 Å². The first kappa shape index (κ1) is 21.2. The number of thioether (sulfide) groups is 1. The van der Waals surface area contributed by atoms with Crippen LogP contribution in [-0.4, -0.2) is 28.2 Å². The zero-order chi connectivity index (χ0) is 21.3. The van der Waals surface area contributed by atoms with Gasteiger partial charge in [-0.1, -0.05) is 30.2 Å². The molecule has 3 aromatic rings. The Kier molecular flexibility index (Phi) is 7.25. The normalized spacial score (nSPS) is 10.0. The molecule has 2 aromatic carbocycles. The topological polar surface area (TPSA) is 79.3 Å². The molecule has 3 rings (SSSR count). The molecular weight excluding hydrogens is 396 g/mol. The summed E-state index contributed by atoms with van der Waals surface area (Å²) in [5.41, 5.74) is 3.16. The number of aromatic carboxylic acids is 1. The fraction of sp³-hybridized carbons (Fsp3) is 0.125. The highest BCUT2D eigenvalue weighted by atomic mass is 32.2. The van der Waals surface area contributed by atoms with Crippen molar-refractivity contribution in [3.63, 3.8) is 0 Å². The number of carboxylic acids is 1. The van der Waals surface area contributed by atoms with Gasteiger partial charge in [0.2, 0.25) is 0 Å². The van der Waals surface area contributed by atoms with Crippen molar-refractivity contribution in [3.05, 3.63) is 94.8 Å². The minimum Gasteiger partial charge on any atom is -0.478 e. The molecular formula is C24H20N2O3S. The molecule has 0 unspecified atom stereocenters. The summed E-state index contributed by atoms with van der Waals surface area (Å²) in [6, 6.07) is 17.9. The summed E-state index contributed by atoms with van der Waals surface area (Å²) >= 11 is 1.70. The number of benzene rings is 2. The van der Waals surface area contributed by atoms with Crippen LogP contribution in [0.3, 0.4) is 0 Å². The molecule has 0 fully saturated rings. The van der Waals surface area contributed by atoms with E-state index in [1.807, 2.05) is 6.26 Å². The molecule has 5 nitrogen and oxygen atoms in total. The van der Waals surface area contributed by atoms with E-state index in [0.29, 0.717) is 24.2 Å². The van der Waals surface area contributed by atoms with Crippen LogP contribution < -0.4 is 5.32 Å². The number of carboxylic acid groups (broad SMARTS) is 1.